The van der Waals surface area contributed by atoms with Crippen LogP contribution < -0.4 is 16.0 Å². The SMILES string of the molecule is CC(=O)N1CCc2cc(Nc3ncc(C(=O)NC(C)C)c(Nc4ccnc(C(C)(C)C)c4)n3)ccc2C1(C)C.[HH]. The van der Waals surface area contributed by atoms with Crippen molar-refractivity contribution in [3.05, 3.63) is 65.1 Å². The molecule has 2 amide bonds. The molecule has 2 aromatic heterocycles. The van der Waals surface area contributed by atoms with Crippen molar-refractivity contribution < 1.29 is 11.0 Å². The van der Waals surface area contributed by atoms with E-state index in [1.807, 2.05) is 36.9 Å². The minimum Gasteiger partial charge on any atom is -0.350 e. The van der Waals surface area contributed by atoms with Crippen LogP contribution in [0.4, 0.5) is 23.1 Å². The van der Waals surface area contributed by atoms with Gasteiger partial charge in [-0.1, -0.05) is 26.8 Å². The maximum atomic E-state index is 13.0. The Morgan fingerprint density at radius 1 is 1.05 bits per heavy atom. The molecule has 0 saturated heterocycles. The lowest BCUT2D eigenvalue weighted by atomic mass is 9.83. The Kier molecular flexibility index (Phi) is 7.63. The number of nitrogens with zero attached hydrogens (tertiary/aromatic N) is 4. The summed E-state index contributed by atoms with van der Waals surface area (Å²) in [6, 6.07) is 9.90. The lowest BCUT2D eigenvalue weighted by Crippen LogP contribution is -2.49. The Hall–Kier alpha value is -4.01. The van der Waals surface area contributed by atoms with Crippen LogP contribution in [0.5, 0.6) is 0 Å². The van der Waals surface area contributed by atoms with E-state index in [1.54, 1.807) is 13.1 Å². The fourth-order valence-electron chi connectivity index (χ4n) is 4.91. The van der Waals surface area contributed by atoms with Crippen LogP contribution in [0, 0.1) is 0 Å². The molecule has 1 aliphatic heterocycles. The number of amides is 2. The van der Waals surface area contributed by atoms with E-state index in [4.69, 9.17) is 4.98 Å². The first-order valence-corrected chi connectivity index (χ1v) is 13.4. The predicted molar refractivity (Wildman–Crippen MR) is 157 cm³/mol. The van der Waals surface area contributed by atoms with Crippen molar-refractivity contribution in [2.24, 2.45) is 0 Å². The summed E-state index contributed by atoms with van der Waals surface area (Å²) in [5.41, 5.74) is 4.69. The van der Waals surface area contributed by atoms with E-state index in [9.17, 15) is 9.59 Å². The minimum absolute atomic E-state index is 0. The summed E-state index contributed by atoms with van der Waals surface area (Å²) in [6.45, 7) is 16.6. The molecule has 4 rings (SSSR count). The van der Waals surface area contributed by atoms with Crippen LogP contribution in [0.3, 0.4) is 0 Å². The smallest absolute Gasteiger partial charge is 0.256 e. The van der Waals surface area contributed by atoms with E-state index >= 15 is 0 Å². The zero-order valence-electron chi connectivity index (χ0n) is 24.1. The van der Waals surface area contributed by atoms with E-state index in [-0.39, 0.29) is 30.2 Å². The molecular weight excluding hydrogens is 490 g/mol. The van der Waals surface area contributed by atoms with E-state index in [0.29, 0.717) is 23.9 Å². The number of hydrogen-bond donors (Lipinski definition) is 3. The fourth-order valence-corrected chi connectivity index (χ4v) is 4.91. The zero-order valence-corrected chi connectivity index (χ0v) is 24.1. The average Bonchev–Trinajstić information content (AvgIpc) is 2.83. The molecule has 0 aliphatic carbocycles. The fraction of sp³-hybridized carbons (Fsp3) is 0.433. The third kappa shape index (κ3) is 6.19. The lowest BCUT2D eigenvalue weighted by Gasteiger charge is -2.43. The molecule has 0 radical (unpaired) electrons. The number of aromatic nitrogens is 3. The van der Waals surface area contributed by atoms with Crippen molar-refractivity contribution in [1.82, 2.24) is 25.2 Å². The normalized spacial score (nSPS) is 14.5. The Morgan fingerprint density at radius 3 is 2.44 bits per heavy atom. The summed E-state index contributed by atoms with van der Waals surface area (Å²) in [5.74, 6) is 0.582. The molecule has 0 unspecified atom stereocenters. The van der Waals surface area contributed by atoms with Gasteiger partial charge in [0.15, 0.2) is 0 Å². The number of rotatable bonds is 6. The average molecular weight is 532 g/mol. The summed E-state index contributed by atoms with van der Waals surface area (Å²) >= 11 is 0. The molecule has 0 bridgehead atoms. The van der Waals surface area contributed by atoms with E-state index in [1.165, 1.54) is 11.8 Å². The number of carbonyl (C=O) groups excluding carboxylic acids is 2. The highest BCUT2D eigenvalue weighted by Crippen LogP contribution is 2.36. The Bertz CT molecular complexity index is 1400. The van der Waals surface area contributed by atoms with Crippen molar-refractivity contribution in [3.63, 3.8) is 0 Å². The molecule has 3 aromatic rings. The van der Waals surface area contributed by atoms with Gasteiger partial charge < -0.3 is 20.9 Å². The van der Waals surface area contributed by atoms with Crippen molar-refractivity contribution in [2.45, 2.75) is 78.8 Å². The number of carbonyl (C=O) groups is 2. The quantitative estimate of drug-likeness (QED) is 0.375. The lowest BCUT2D eigenvalue weighted by molar-refractivity contribution is -0.135. The van der Waals surface area contributed by atoms with Gasteiger partial charge in [0, 0.05) is 55.8 Å². The van der Waals surface area contributed by atoms with Gasteiger partial charge in [-0.3, -0.25) is 14.6 Å². The summed E-state index contributed by atoms with van der Waals surface area (Å²) in [5, 5.41) is 9.53. The summed E-state index contributed by atoms with van der Waals surface area (Å²) < 4.78 is 0. The summed E-state index contributed by atoms with van der Waals surface area (Å²) in [7, 11) is 0. The highest BCUT2D eigenvalue weighted by molar-refractivity contribution is 5.99. The van der Waals surface area contributed by atoms with E-state index in [2.05, 4.69) is 72.7 Å². The topological polar surface area (TPSA) is 112 Å². The molecule has 1 aliphatic rings. The Labute approximate surface area is 232 Å². The zero-order chi connectivity index (χ0) is 28.5. The number of anilines is 4. The second kappa shape index (κ2) is 10.6. The van der Waals surface area contributed by atoms with E-state index < -0.39 is 0 Å². The maximum absolute atomic E-state index is 13.0. The Morgan fingerprint density at radius 2 is 1.77 bits per heavy atom. The predicted octanol–water partition coefficient (Wildman–Crippen LogP) is 5.68. The van der Waals surface area contributed by atoms with Crippen molar-refractivity contribution >= 4 is 35.0 Å². The van der Waals surface area contributed by atoms with Crippen molar-refractivity contribution in [1.29, 1.82) is 0 Å². The molecule has 1 aromatic carbocycles. The number of pyridine rings is 1. The third-order valence-corrected chi connectivity index (χ3v) is 6.92. The summed E-state index contributed by atoms with van der Waals surface area (Å²) in [4.78, 5) is 40.7. The van der Waals surface area contributed by atoms with Crippen molar-refractivity contribution in [3.8, 4) is 0 Å². The molecule has 208 valence electrons. The van der Waals surface area contributed by atoms with Gasteiger partial charge in [-0.2, -0.15) is 4.98 Å². The third-order valence-electron chi connectivity index (χ3n) is 6.92. The minimum atomic E-state index is -0.382. The standard InChI is InChI=1S/C30H39N7O2.H2/c1-18(2)33-27(39)23-17-32-28(36-26(23)34-22-11-13-31-25(16-22)29(4,5)6)35-21-9-10-24-20(15-21)12-14-37(19(3)38)30(24,7)8;/h9-11,13,15-18H,12,14H2,1-8H3,(H,33,39)(H2,31,32,34,35,36);1H. The summed E-state index contributed by atoms with van der Waals surface area (Å²) in [6.07, 6.45) is 4.06. The van der Waals surface area contributed by atoms with Gasteiger partial charge in [0.2, 0.25) is 11.9 Å². The van der Waals surface area contributed by atoms with Crippen LogP contribution in [-0.2, 0) is 22.2 Å². The van der Waals surface area contributed by atoms with Crippen LogP contribution >= 0.6 is 0 Å². The highest BCUT2D eigenvalue weighted by Gasteiger charge is 2.36. The second-order valence-corrected chi connectivity index (χ2v) is 11.9. The van der Waals surface area contributed by atoms with Crippen LogP contribution in [0.2, 0.25) is 0 Å². The molecule has 3 heterocycles. The monoisotopic (exact) mass is 531 g/mol. The van der Waals surface area contributed by atoms with Gasteiger partial charge in [-0.05, 0) is 69.5 Å². The molecule has 0 spiro atoms. The number of fused-ring (bicyclic) bond motifs is 1. The van der Waals surface area contributed by atoms with Crippen LogP contribution in [0.15, 0.2) is 42.7 Å². The van der Waals surface area contributed by atoms with Gasteiger partial charge >= 0.3 is 0 Å². The molecule has 0 fully saturated rings. The number of nitrogens with one attached hydrogen (secondary N) is 3. The Balaban J connectivity index is 0.00000441. The highest BCUT2D eigenvalue weighted by atomic mass is 16.2. The van der Waals surface area contributed by atoms with Crippen LogP contribution in [-0.4, -0.2) is 44.3 Å². The van der Waals surface area contributed by atoms with E-state index in [0.717, 1.165) is 29.1 Å². The molecule has 9 nitrogen and oxygen atoms in total. The molecule has 3 N–H and O–H groups in total. The van der Waals surface area contributed by atoms with Gasteiger partial charge in [0.25, 0.3) is 5.91 Å². The first-order chi connectivity index (χ1) is 18.3. The first-order valence-electron chi connectivity index (χ1n) is 13.4. The molecule has 0 atom stereocenters. The number of benzene rings is 1. The van der Waals surface area contributed by atoms with Gasteiger partial charge in [0.05, 0.1) is 5.54 Å². The van der Waals surface area contributed by atoms with Crippen LogP contribution in [0.25, 0.3) is 0 Å². The van der Waals surface area contributed by atoms with Gasteiger partial charge in [0.1, 0.15) is 11.4 Å². The molecule has 39 heavy (non-hydrogen) atoms. The maximum Gasteiger partial charge on any atom is 0.256 e. The molecule has 9 heteroatoms. The second-order valence-electron chi connectivity index (χ2n) is 11.9. The molecule has 0 saturated carbocycles. The van der Waals surface area contributed by atoms with Crippen molar-refractivity contribution in [2.75, 3.05) is 17.2 Å². The largest absolute Gasteiger partial charge is 0.350 e. The van der Waals surface area contributed by atoms with Gasteiger partial charge in [-0.15, -0.1) is 0 Å². The van der Waals surface area contributed by atoms with Gasteiger partial charge in [-0.25, -0.2) is 4.98 Å². The molecular formula is C30H41N7O2. The number of hydrogen-bond acceptors (Lipinski definition) is 7. The van der Waals surface area contributed by atoms with Crippen LogP contribution in [0.1, 0.15) is 84.0 Å². The first kappa shape index (κ1) is 28.0.